The third-order valence-electron chi connectivity index (χ3n) is 2.86. The molecule has 0 amide bonds. The molecule has 0 aliphatic heterocycles. The maximum atomic E-state index is 12.2. The molecule has 0 bridgehead atoms. The molecule has 0 fully saturated rings. The Hall–Kier alpha value is -1.39. The van der Waals surface area contributed by atoms with Gasteiger partial charge in [0, 0.05) is 14.2 Å². The lowest BCUT2D eigenvalue weighted by Gasteiger charge is -2.18. The molecule has 19 heavy (non-hydrogen) atoms. The van der Waals surface area contributed by atoms with E-state index in [2.05, 4.69) is 0 Å². The summed E-state index contributed by atoms with van der Waals surface area (Å²) in [6.07, 6.45) is -0.386. The Bertz CT molecular complexity index is 411. The first-order chi connectivity index (χ1) is 8.99. The number of esters is 1. The fraction of sp³-hybridized carbons (Fsp3) is 0.533. The Morgan fingerprint density at radius 1 is 1.05 bits per heavy atom. The normalized spacial score (nSPS) is 10.8. The van der Waals surface area contributed by atoms with E-state index < -0.39 is 0 Å². The van der Waals surface area contributed by atoms with E-state index in [-0.39, 0.29) is 12.1 Å². The van der Waals surface area contributed by atoms with Crippen LogP contribution in [0.25, 0.3) is 0 Å². The van der Waals surface area contributed by atoms with Gasteiger partial charge in [0.1, 0.15) is 6.10 Å². The third kappa shape index (κ3) is 4.33. The summed E-state index contributed by atoms with van der Waals surface area (Å²) in [6, 6.07) is 3.95. The number of rotatable bonds is 6. The van der Waals surface area contributed by atoms with E-state index in [1.807, 2.05) is 32.9 Å². The first kappa shape index (κ1) is 15.7. The summed E-state index contributed by atoms with van der Waals surface area (Å²) in [6.45, 7) is 6.48. The van der Waals surface area contributed by atoms with Gasteiger partial charge in [0.25, 0.3) is 0 Å². The zero-order valence-corrected chi connectivity index (χ0v) is 12.3. The topological polar surface area (TPSA) is 44.8 Å². The molecule has 0 aromatic heterocycles. The fourth-order valence-electron chi connectivity index (χ4n) is 2.20. The molecule has 106 valence electrons. The highest BCUT2D eigenvalue weighted by Crippen LogP contribution is 2.18. The molecule has 1 rings (SSSR count). The molecule has 4 nitrogen and oxygen atoms in total. The maximum Gasteiger partial charge on any atom is 0.339 e. The highest BCUT2D eigenvalue weighted by atomic mass is 16.6. The molecule has 0 atom stereocenters. The molecule has 0 saturated carbocycles. The Balaban J connectivity index is 2.88. The van der Waals surface area contributed by atoms with Gasteiger partial charge in [-0.15, -0.1) is 0 Å². The van der Waals surface area contributed by atoms with E-state index in [1.54, 1.807) is 14.2 Å². The van der Waals surface area contributed by atoms with Crippen molar-refractivity contribution in [2.24, 2.45) is 0 Å². The zero-order chi connectivity index (χ0) is 14.4. The van der Waals surface area contributed by atoms with Gasteiger partial charge in [-0.3, -0.25) is 0 Å². The molecule has 1 aromatic carbocycles. The number of carbonyl (C=O) groups is 1. The van der Waals surface area contributed by atoms with Crippen LogP contribution in [0.1, 0.15) is 27.0 Å². The van der Waals surface area contributed by atoms with Gasteiger partial charge in [0.15, 0.2) is 0 Å². The summed E-state index contributed by atoms with van der Waals surface area (Å²) in [5.41, 5.74) is 3.62. The van der Waals surface area contributed by atoms with E-state index in [0.717, 1.165) is 16.7 Å². The number of ether oxygens (including phenoxy) is 3. The smallest absolute Gasteiger partial charge is 0.339 e. The van der Waals surface area contributed by atoms with Gasteiger partial charge in [-0.25, -0.2) is 4.79 Å². The second-order valence-electron chi connectivity index (χ2n) is 4.71. The second kappa shape index (κ2) is 7.26. The van der Waals surface area contributed by atoms with E-state index in [0.29, 0.717) is 18.8 Å². The molecular formula is C15H22O4. The number of benzene rings is 1. The van der Waals surface area contributed by atoms with Crippen molar-refractivity contribution in [3.8, 4) is 0 Å². The average molecular weight is 266 g/mol. The second-order valence-corrected chi connectivity index (χ2v) is 4.71. The van der Waals surface area contributed by atoms with E-state index in [4.69, 9.17) is 14.2 Å². The predicted molar refractivity (Wildman–Crippen MR) is 73.6 cm³/mol. The van der Waals surface area contributed by atoms with Crippen LogP contribution in [-0.2, 0) is 14.2 Å². The summed E-state index contributed by atoms with van der Waals surface area (Å²) in [5.74, 6) is -0.325. The van der Waals surface area contributed by atoms with Gasteiger partial charge in [0.05, 0.1) is 18.8 Å². The van der Waals surface area contributed by atoms with Crippen LogP contribution in [0.15, 0.2) is 12.1 Å². The monoisotopic (exact) mass is 266 g/mol. The van der Waals surface area contributed by atoms with E-state index in [9.17, 15) is 4.79 Å². The summed E-state index contributed by atoms with van der Waals surface area (Å²) in [4.78, 5) is 12.2. The lowest BCUT2D eigenvalue weighted by Crippen LogP contribution is -2.28. The first-order valence-electron chi connectivity index (χ1n) is 6.26. The van der Waals surface area contributed by atoms with E-state index >= 15 is 0 Å². The number of carbonyl (C=O) groups excluding carboxylic acids is 1. The Labute approximate surface area is 114 Å². The van der Waals surface area contributed by atoms with Crippen molar-refractivity contribution in [1.29, 1.82) is 0 Å². The molecule has 0 spiro atoms. The SMILES string of the molecule is COCC(COC)OC(=O)c1c(C)cc(C)cc1C. The summed E-state index contributed by atoms with van der Waals surface area (Å²) < 4.78 is 15.5. The molecule has 0 radical (unpaired) electrons. The quantitative estimate of drug-likeness (QED) is 0.742. The van der Waals surface area contributed by atoms with Crippen molar-refractivity contribution < 1.29 is 19.0 Å². The molecule has 0 heterocycles. The van der Waals surface area contributed by atoms with Gasteiger partial charge in [-0.05, 0) is 31.9 Å². The molecule has 4 heteroatoms. The number of hydrogen-bond acceptors (Lipinski definition) is 4. The Kier molecular flexibility index (Phi) is 5.99. The van der Waals surface area contributed by atoms with Gasteiger partial charge >= 0.3 is 5.97 Å². The molecule has 0 aliphatic rings. The highest BCUT2D eigenvalue weighted by Gasteiger charge is 2.19. The minimum Gasteiger partial charge on any atom is -0.454 e. The first-order valence-corrected chi connectivity index (χ1v) is 6.26. The minimum absolute atomic E-state index is 0.323. The minimum atomic E-state index is -0.386. The molecular weight excluding hydrogens is 244 g/mol. The van der Waals surface area contributed by atoms with Crippen LogP contribution in [-0.4, -0.2) is 39.5 Å². The fourth-order valence-corrected chi connectivity index (χ4v) is 2.20. The van der Waals surface area contributed by atoms with Crippen LogP contribution in [0.2, 0.25) is 0 Å². The van der Waals surface area contributed by atoms with Crippen LogP contribution < -0.4 is 0 Å². The van der Waals surface area contributed by atoms with Gasteiger partial charge in [0.2, 0.25) is 0 Å². The van der Waals surface area contributed by atoms with Crippen molar-refractivity contribution in [3.63, 3.8) is 0 Å². The lowest BCUT2D eigenvalue weighted by atomic mass is 10.00. The maximum absolute atomic E-state index is 12.2. The Morgan fingerprint density at radius 2 is 1.53 bits per heavy atom. The molecule has 0 N–H and O–H groups in total. The van der Waals surface area contributed by atoms with Gasteiger partial charge in [-0.2, -0.15) is 0 Å². The molecule has 0 aliphatic carbocycles. The van der Waals surface area contributed by atoms with Crippen LogP contribution in [0.3, 0.4) is 0 Å². The number of methoxy groups -OCH3 is 2. The predicted octanol–water partition coefficient (Wildman–Crippen LogP) is 2.43. The van der Waals surface area contributed by atoms with Crippen LogP contribution >= 0.6 is 0 Å². The average Bonchev–Trinajstić information content (AvgIpc) is 2.27. The largest absolute Gasteiger partial charge is 0.454 e. The Morgan fingerprint density at radius 3 is 1.95 bits per heavy atom. The third-order valence-corrected chi connectivity index (χ3v) is 2.86. The number of hydrogen-bond donors (Lipinski definition) is 0. The van der Waals surface area contributed by atoms with E-state index in [1.165, 1.54) is 0 Å². The molecule has 0 unspecified atom stereocenters. The zero-order valence-electron chi connectivity index (χ0n) is 12.3. The van der Waals surface area contributed by atoms with Crippen molar-refractivity contribution in [2.75, 3.05) is 27.4 Å². The molecule has 1 aromatic rings. The number of aryl methyl sites for hydroxylation is 3. The van der Waals surface area contributed by atoms with Gasteiger partial charge in [-0.1, -0.05) is 17.7 Å². The van der Waals surface area contributed by atoms with Crippen molar-refractivity contribution in [2.45, 2.75) is 26.9 Å². The van der Waals surface area contributed by atoms with Crippen molar-refractivity contribution in [3.05, 3.63) is 34.4 Å². The standard InChI is InChI=1S/C15H22O4/c1-10-6-11(2)14(12(3)7-10)15(16)19-13(8-17-4)9-18-5/h6-7,13H,8-9H2,1-5H3. The van der Waals surface area contributed by atoms with Crippen molar-refractivity contribution in [1.82, 2.24) is 0 Å². The summed E-state index contributed by atoms with van der Waals surface area (Å²) in [7, 11) is 3.14. The summed E-state index contributed by atoms with van der Waals surface area (Å²) in [5, 5.41) is 0. The molecule has 0 saturated heterocycles. The lowest BCUT2D eigenvalue weighted by molar-refractivity contribution is -0.0224. The highest BCUT2D eigenvalue weighted by molar-refractivity contribution is 5.92. The van der Waals surface area contributed by atoms with Gasteiger partial charge < -0.3 is 14.2 Å². The van der Waals surface area contributed by atoms with Crippen LogP contribution in [0, 0.1) is 20.8 Å². The summed E-state index contributed by atoms with van der Waals surface area (Å²) >= 11 is 0. The van der Waals surface area contributed by atoms with Crippen LogP contribution in [0.4, 0.5) is 0 Å². The van der Waals surface area contributed by atoms with Crippen LogP contribution in [0.5, 0.6) is 0 Å². The van der Waals surface area contributed by atoms with Crippen molar-refractivity contribution >= 4 is 5.97 Å².